The second-order valence-electron chi connectivity index (χ2n) is 4.01. The molecule has 4 heteroatoms. The molecule has 0 radical (unpaired) electrons. The number of aliphatic carboxylic acids is 1. The molecule has 2 aromatic carbocycles. The summed E-state index contributed by atoms with van der Waals surface area (Å²) in [6.45, 7) is 1.65. The molecule has 19 heavy (non-hydrogen) atoms. The zero-order chi connectivity index (χ0) is 13.0. The number of para-hydroxylation sites is 2. The van der Waals surface area contributed by atoms with E-state index in [9.17, 15) is 4.79 Å². The van der Waals surface area contributed by atoms with Crippen molar-refractivity contribution >= 4 is 43.7 Å². The second kappa shape index (κ2) is 7.53. The van der Waals surface area contributed by atoms with Gasteiger partial charge in [-0.2, -0.15) is 0 Å². The van der Waals surface area contributed by atoms with Crippen LogP contribution in [0.3, 0.4) is 0 Å². The van der Waals surface area contributed by atoms with E-state index in [-0.39, 0.29) is 37.7 Å². The summed E-state index contributed by atoms with van der Waals surface area (Å²) in [6.07, 6.45) is 0. The van der Waals surface area contributed by atoms with Crippen molar-refractivity contribution in [3.8, 4) is 11.5 Å². The van der Waals surface area contributed by atoms with Gasteiger partial charge in [0.15, 0.2) is 0 Å². The van der Waals surface area contributed by atoms with Crippen molar-refractivity contribution in [1.82, 2.24) is 0 Å². The van der Waals surface area contributed by atoms with Gasteiger partial charge in [0.2, 0.25) is 0 Å². The number of carboxylic acid groups (broad SMARTS) is 1. The Balaban J connectivity index is 0.00000180. The van der Waals surface area contributed by atoms with Gasteiger partial charge in [-0.1, -0.05) is 36.4 Å². The first-order valence-corrected chi connectivity index (χ1v) is 5.73. The predicted octanol–water partition coefficient (Wildman–Crippen LogP) is 2.75. The van der Waals surface area contributed by atoms with Gasteiger partial charge in [0, 0.05) is 5.56 Å². The minimum atomic E-state index is -0.862. The van der Waals surface area contributed by atoms with Crippen LogP contribution in [0.15, 0.2) is 54.6 Å². The van der Waals surface area contributed by atoms with Gasteiger partial charge in [-0.3, -0.25) is 4.79 Å². The van der Waals surface area contributed by atoms with Gasteiger partial charge in [0.1, 0.15) is 11.5 Å². The maximum atomic E-state index is 11.0. The summed E-state index contributed by atoms with van der Waals surface area (Å²) >= 11 is 0. The Kier molecular flexibility index (Phi) is 6.35. The zero-order valence-corrected chi connectivity index (χ0v) is 10.0. The SMILES string of the molecule is CC(C(=O)O)c1ccccc1Oc1ccccc1.[CaH2]. The van der Waals surface area contributed by atoms with Crippen LogP contribution in [-0.4, -0.2) is 48.8 Å². The van der Waals surface area contributed by atoms with Crippen molar-refractivity contribution in [3.63, 3.8) is 0 Å². The maximum absolute atomic E-state index is 11.0. The standard InChI is InChI=1S/C15H14O3.Ca.2H/c1-11(15(16)17)13-9-5-6-10-14(13)18-12-7-3-2-4-8-12;;;/h2-11H,1H3,(H,16,17);;;. The molecule has 3 nitrogen and oxygen atoms in total. The summed E-state index contributed by atoms with van der Waals surface area (Å²) < 4.78 is 5.72. The summed E-state index contributed by atoms with van der Waals surface area (Å²) in [4.78, 5) is 11.0. The third-order valence-corrected chi connectivity index (χ3v) is 2.73. The van der Waals surface area contributed by atoms with Crippen LogP contribution in [0.5, 0.6) is 11.5 Å². The van der Waals surface area contributed by atoms with E-state index in [4.69, 9.17) is 9.84 Å². The van der Waals surface area contributed by atoms with Gasteiger partial charge >= 0.3 is 43.7 Å². The van der Waals surface area contributed by atoms with E-state index < -0.39 is 11.9 Å². The number of hydrogen-bond acceptors (Lipinski definition) is 2. The normalized spacial score (nSPS) is 11.2. The molecule has 0 heterocycles. The Bertz CT molecular complexity index is 540. The van der Waals surface area contributed by atoms with Gasteiger partial charge in [-0.05, 0) is 25.1 Å². The average molecular weight is 284 g/mol. The summed E-state index contributed by atoms with van der Waals surface area (Å²) in [5.41, 5.74) is 0.675. The quantitative estimate of drug-likeness (QED) is 0.878. The van der Waals surface area contributed by atoms with Gasteiger partial charge in [0.25, 0.3) is 0 Å². The van der Waals surface area contributed by atoms with Gasteiger partial charge in [0.05, 0.1) is 5.92 Å². The fourth-order valence-electron chi connectivity index (χ4n) is 1.68. The summed E-state index contributed by atoms with van der Waals surface area (Å²) in [6, 6.07) is 16.5. The molecule has 1 atom stereocenters. The van der Waals surface area contributed by atoms with Crippen molar-refractivity contribution in [3.05, 3.63) is 60.2 Å². The number of carboxylic acids is 1. The molecular formula is C15H16CaO3. The van der Waals surface area contributed by atoms with Crippen LogP contribution in [0.25, 0.3) is 0 Å². The first kappa shape index (κ1) is 16.0. The van der Waals surface area contributed by atoms with Crippen molar-refractivity contribution in [2.45, 2.75) is 12.8 Å². The van der Waals surface area contributed by atoms with E-state index in [1.807, 2.05) is 42.5 Å². The number of carbonyl (C=O) groups is 1. The van der Waals surface area contributed by atoms with Gasteiger partial charge in [-0.25, -0.2) is 0 Å². The molecule has 0 bridgehead atoms. The zero-order valence-electron chi connectivity index (χ0n) is 10.0. The van der Waals surface area contributed by atoms with Crippen LogP contribution in [0.1, 0.15) is 18.4 Å². The minimum absolute atomic E-state index is 0. The molecule has 0 amide bonds. The third-order valence-electron chi connectivity index (χ3n) is 2.73. The Labute approximate surface area is 142 Å². The Hall–Kier alpha value is -1.03. The molecule has 2 rings (SSSR count). The van der Waals surface area contributed by atoms with Gasteiger partial charge in [-0.15, -0.1) is 0 Å². The monoisotopic (exact) mass is 284 g/mol. The summed E-state index contributed by atoms with van der Waals surface area (Å²) in [7, 11) is 0. The average Bonchev–Trinajstić information content (AvgIpc) is 2.39. The Morgan fingerprint density at radius 2 is 1.63 bits per heavy atom. The first-order valence-electron chi connectivity index (χ1n) is 5.73. The molecule has 0 aromatic heterocycles. The third kappa shape index (κ3) is 4.23. The van der Waals surface area contributed by atoms with Crippen LogP contribution in [0.2, 0.25) is 0 Å². The van der Waals surface area contributed by atoms with E-state index in [2.05, 4.69) is 0 Å². The Morgan fingerprint density at radius 3 is 2.26 bits per heavy atom. The van der Waals surface area contributed by atoms with E-state index in [1.54, 1.807) is 19.1 Å². The summed E-state index contributed by atoms with van der Waals surface area (Å²) in [5.74, 6) is -0.176. The van der Waals surface area contributed by atoms with E-state index in [0.29, 0.717) is 17.1 Å². The molecule has 0 fully saturated rings. The fraction of sp³-hybridized carbons (Fsp3) is 0.133. The first-order chi connectivity index (χ1) is 8.68. The van der Waals surface area contributed by atoms with E-state index in [0.717, 1.165) is 0 Å². The molecule has 0 aliphatic heterocycles. The van der Waals surface area contributed by atoms with Crippen molar-refractivity contribution in [1.29, 1.82) is 0 Å². The molecule has 0 aliphatic rings. The predicted molar refractivity (Wildman–Crippen MR) is 77.6 cm³/mol. The topological polar surface area (TPSA) is 46.5 Å². The summed E-state index contributed by atoms with van der Waals surface area (Å²) in [5, 5.41) is 9.07. The number of rotatable bonds is 4. The van der Waals surface area contributed by atoms with Crippen molar-refractivity contribution < 1.29 is 14.6 Å². The molecule has 0 aliphatic carbocycles. The number of ether oxygens (including phenoxy) is 1. The van der Waals surface area contributed by atoms with Gasteiger partial charge < -0.3 is 9.84 Å². The molecule has 0 saturated heterocycles. The van der Waals surface area contributed by atoms with Crippen LogP contribution in [0.4, 0.5) is 0 Å². The molecule has 1 N–H and O–H groups in total. The molecule has 0 spiro atoms. The molecule has 1 unspecified atom stereocenters. The van der Waals surface area contributed by atoms with Crippen LogP contribution in [0, 0.1) is 0 Å². The van der Waals surface area contributed by atoms with E-state index >= 15 is 0 Å². The molecule has 96 valence electrons. The van der Waals surface area contributed by atoms with Crippen molar-refractivity contribution in [2.75, 3.05) is 0 Å². The van der Waals surface area contributed by atoms with E-state index in [1.165, 1.54) is 0 Å². The number of hydrogen-bond donors (Lipinski definition) is 1. The van der Waals surface area contributed by atoms with Crippen molar-refractivity contribution in [2.24, 2.45) is 0 Å². The van der Waals surface area contributed by atoms with Crippen LogP contribution < -0.4 is 4.74 Å². The number of benzene rings is 2. The fourth-order valence-corrected chi connectivity index (χ4v) is 1.68. The second-order valence-corrected chi connectivity index (χ2v) is 4.01. The van der Waals surface area contributed by atoms with Crippen LogP contribution >= 0.6 is 0 Å². The molecular weight excluding hydrogens is 268 g/mol. The Morgan fingerprint density at radius 1 is 1.05 bits per heavy atom. The molecule has 2 aromatic rings. The van der Waals surface area contributed by atoms with Crippen LogP contribution in [-0.2, 0) is 4.79 Å². The molecule has 0 saturated carbocycles.